The van der Waals surface area contributed by atoms with Crippen molar-refractivity contribution in [2.24, 2.45) is 0 Å². The van der Waals surface area contributed by atoms with E-state index in [1.54, 1.807) is 18.5 Å². The average Bonchev–Trinajstić information content (AvgIpc) is 2.72. The van der Waals surface area contributed by atoms with E-state index in [2.05, 4.69) is 76.0 Å². The summed E-state index contributed by atoms with van der Waals surface area (Å²) in [6, 6.07) is 15.7. The predicted octanol–water partition coefficient (Wildman–Crippen LogP) is 3.36. The molecule has 6 nitrogen and oxygen atoms in total. The standard InChI is InChI=1S/C11H10BrNO2S.C10H7Br2N.CH3O2S.Na/c1-16(14,15)7-8-5-9-3-2-4-13-11(9)10(12)6-8;11-6-7-4-8-2-1-3-13-10(8)9(12)5-7;1-4(2)3;/h2-6H,7H2,1H3;1-5H,6H2;1H3;/q;;-1;+1. The van der Waals surface area contributed by atoms with E-state index in [0.717, 1.165) is 42.5 Å². The predicted molar refractivity (Wildman–Crippen MR) is 145 cm³/mol. The van der Waals surface area contributed by atoms with E-state index in [0.29, 0.717) is 0 Å². The molecular formula is C22H20Br3N2NaO4S2. The van der Waals surface area contributed by atoms with Crippen LogP contribution in [0.15, 0.2) is 69.9 Å². The molecule has 176 valence electrons. The summed E-state index contributed by atoms with van der Waals surface area (Å²) in [5.74, 6) is 0.0520. The molecule has 0 fully saturated rings. The van der Waals surface area contributed by atoms with Crippen LogP contribution < -0.4 is 29.6 Å². The van der Waals surface area contributed by atoms with Crippen LogP contribution in [0.1, 0.15) is 11.1 Å². The van der Waals surface area contributed by atoms with Crippen LogP contribution in [0.5, 0.6) is 0 Å². The normalized spacial score (nSPS) is 10.6. The molecule has 4 aromatic rings. The number of fused-ring (bicyclic) bond motifs is 2. The van der Waals surface area contributed by atoms with Gasteiger partial charge in [-0.15, -0.1) is 0 Å². The Morgan fingerprint density at radius 3 is 1.68 bits per heavy atom. The number of hydrogen-bond acceptors (Lipinski definition) is 7. The third kappa shape index (κ3) is 10.7. The molecular weight excluding hydrogens is 683 g/mol. The van der Waals surface area contributed by atoms with Crippen molar-refractivity contribution in [2.45, 2.75) is 11.1 Å². The van der Waals surface area contributed by atoms with E-state index in [9.17, 15) is 8.42 Å². The second kappa shape index (κ2) is 15.0. The van der Waals surface area contributed by atoms with Gasteiger partial charge < -0.3 is 8.42 Å². The minimum Gasteiger partial charge on any atom is -0.424 e. The minimum absolute atomic E-state index is 0. The zero-order valence-corrected chi connectivity index (χ0v) is 27.1. The minimum atomic E-state index is -3.00. The Kier molecular flexibility index (Phi) is 13.9. The molecule has 0 unspecified atom stereocenters. The Bertz CT molecular complexity index is 1440. The SMILES string of the molecule is BrCc1cc(Br)c2ncccc2c1.CS(=O)(=O)Cc1cc(Br)c2ncccc2c1.C[S-](=O)=O.[Na+]. The first-order valence-corrected chi connectivity index (χ1v) is 15.6. The molecule has 0 radical (unpaired) electrons. The first kappa shape index (κ1) is 31.6. The molecule has 0 atom stereocenters. The summed E-state index contributed by atoms with van der Waals surface area (Å²) in [6.45, 7) is 0. The van der Waals surface area contributed by atoms with Crippen molar-refractivity contribution in [3.8, 4) is 0 Å². The number of benzene rings is 2. The monoisotopic (exact) mass is 700 g/mol. The molecule has 0 bridgehead atoms. The summed E-state index contributed by atoms with van der Waals surface area (Å²) in [5.41, 5.74) is 3.90. The van der Waals surface area contributed by atoms with Gasteiger partial charge >= 0.3 is 29.6 Å². The van der Waals surface area contributed by atoms with Crippen LogP contribution in [0, 0.1) is 0 Å². The largest absolute Gasteiger partial charge is 1.00 e. The Hall–Kier alpha value is -0.400. The van der Waals surface area contributed by atoms with Crippen LogP contribution in [-0.4, -0.2) is 30.9 Å². The maximum atomic E-state index is 11.2. The second-order valence-corrected chi connectivity index (χ2v) is 12.1. The fourth-order valence-electron chi connectivity index (χ4n) is 2.88. The van der Waals surface area contributed by atoms with E-state index in [1.165, 1.54) is 17.2 Å². The molecule has 4 rings (SSSR count). The molecule has 2 heterocycles. The van der Waals surface area contributed by atoms with Crippen molar-refractivity contribution in [1.82, 2.24) is 9.97 Å². The van der Waals surface area contributed by atoms with Gasteiger partial charge in [0.15, 0.2) is 9.84 Å². The first-order chi connectivity index (χ1) is 15.5. The fraction of sp³-hybridized carbons (Fsp3) is 0.182. The van der Waals surface area contributed by atoms with Crippen molar-refractivity contribution in [2.75, 3.05) is 12.5 Å². The third-order valence-electron chi connectivity index (χ3n) is 4.02. The Morgan fingerprint density at radius 2 is 1.26 bits per heavy atom. The van der Waals surface area contributed by atoms with E-state index in [1.807, 2.05) is 24.3 Å². The van der Waals surface area contributed by atoms with Crippen molar-refractivity contribution < 1.29 is 46.4 Å². The summed E-state index contributed by atoms with van der Waals surface area (Å²) >= 11 is 10.3. The number of rotatable bonds is 3. The van der Waals surface area contributed by atoms with Crippen LogP contribution in [0.3, 0.4) is 0 Å². The third-order valence-corrected chi connectivity index (χ3v) is 6.73. The van der Waals surface area contributed by atoms with Crippen LogP contribution in [-0.2, 0) is 40.0 Å². The van der Waals surface area contributed by atoms with Gasteiger partial charge in [0, 0.05) is 43.7 Å². The van der Waals surface area contributed by atoms with Crippen molar-refractivity contribution >= 4 is 90.1 Å². The van der Waals surface area contributed by atoms with Gasteiger partial charge in [0.05, 0.1) is 16.8 Å². The average molecular weight is 703 g/mol. The molecule has 0 saturated carbocycles. The maximum absolute atomic E-state index is 11.2. The van der Waals surface area contributed by atoms with Gasteiger partial charge in [0.2, 0.25) is 0 Å². The second-order valence-electron chi connectivity index (χ2n) is 6.91. The van der Waals surface area contributed by atoms with Crippen molar-refractivity contribution in [1.29, 1.82) is 0 Å². The molecule has 0 amide bonds. The Morgan fingerprint density at radius 1 is 0.853 bits per heavy atom. The molecule has 0 aliphatic carbocycles. The fourth-order valence-corrected chi connectivity index (χ4v) is 5.22. The molecule has 0 saturated heterocycles. The molecule has 0 spiro atoms. The maximum Gasteiger partial charge on any atom is 1.00 e. The van der Waals surface area contributed by atoms with Gasteiger partial charge in [0.25, 0.3) is 0 Å². The number of nitrogens with zero attached hydrogens (tertiary/aromatic N) is 2. The van der Waals surface area contributed by atoms with Crippen LogP contribution >= 0.6 is 47.8 Å². The number of pyridine rings is 2. The summed E-state index contributed by atoms with van der Waals surface area (Å²) in [4.78, 5) is 8.52. The molecule has 0 N–H and O–H groups in total. The quantitative estimate of drug-likeness (QED) is 0.185. The molecule has 34 heavy (non-hydrogen) atoms. The van der Waals surface area contributed by atoms with E-state index in [4.69, 9.17) is 8.42 Å². The number of alkyl halides is 1. The zero-order chi connectivity index (χ0) is 24.6. The summed E-state index contributed by atoms with van der Waals surface area (Å²) in [7, 11) is -4.86. The van der Waals surface area contributed by atoms with Crippen LogP contribution in [0.2, 0.25) is 0 Å². The number of aromatic nitrogens is 2. The Labute approximate surface area is 248 Å². The van der Waals surface area contributed by atoms with Gasteiger partial charge in [-0.05, 0) is 79.4 Å². The first-order valence-electron chi connectivity index (χ1n) is 9.31. The van der Waals surface area contributed by atoms with E-state index in [-0.39, 0.29) is 35.3 Å². The van der Waals surface area contributed by atoms with Gasteiger partial charge in [0.1, 0.15) is 0 Å². The van der Waals surface area contributed by atoms with Crippen LogP contribution in [0.4, 0.5) is 0 Å². The molecule has 12 heteroatoms. The van der Waals surface area contributed by atoms with E-state index < -0.39 is 20.5 Å². The van der Waals surface area contributed by atoms with Gasteiger partial charge in [-0.25, -0.2) is 8.42 Å². The summed E-state index contributed by atoms with van der Waals surface area (Å²) in [6.07, 6.45) is 5.83. The summed E-state index contributed by atoms with van der Waals surface area (Å²) in [5, 5.41) is 2.98. The van der Waals surface area contributed by atoms with E-state index >= 15 is 0 Å². The smallest absolute Gasteiger partial charge is 0.424 e. The summed E-state index contributed by atoms with van der Waals surface area (Å²) < 4.78 is 42.3. The van der Waals surface area contributed by atoms with Crippen molar-refractivity contribution in [3.63, 3.8) is 0 Å². The zero-order valence-electron chi connectivity index (χ0n) is 18.7. The molecule has 2 aromatic carbocycles. The topological polar surface area (TPSA) is 94.1 Å². The van der Waals surface area contributed by atoms with Gasteiger partial charge in [-0.2, -0.15) is 0 Å². The number of hydrogen-bond donors (Lipinski definition) is 0. The van der Waals surface area contributed by atoms with Crippen LogP contribution in [0.25, 0.3) is 21.8 Å². The molecule has 0 aliphatic rings. The Balaban J connectivity index is 0.000000291. The van der Waals surface area contributed by atoms with Gasteiger partial charge in [-0.1, -0.05) is 45.0 Å². The molecule has 2 aromatic heterocycles. The number of halogens is 3. The number of sulfone groups is 1. The van der Waals surface area contributed by atoms with Crippen molar-refractivity contribution in [3.05, 3.63) is 81.0 Å². The van der Waals surface area contributed by atoms with Gasteiger partial charge in [-0.3, -0.25) is 9.97 Å². The molecule has 0 aliphatic heterocycles.